The van der Waals surface area contributed by atoms with Gasteiger partial charge in [-0.2, -0.15) is 0 Å². The second-order valence-corrected chi connectivity index (χ2v) is 5.78. The van der Waals surface area contributed by atoms with E-state index in [0.717, 1.165) is 24.5 Å². The number of rotatable bonds is 4. The first kappa shape index (κ1) is 14.8. The number of hydrogen-bond acceptors (Lipinski definition) is 4. The first-order valence-electron chi connectivity index (χ1n) is 7.15. The van der Waals surface area contributed by atoms with Crippen molar-refractivity contribution < 1.29 is 9.90 Å². The van der Waals surface area contributed by atoms with Crippen molar-refractivity contribution in [3.05, 3.63) is 23.4 Å². The molecule has 1 saturated heterocycles. The predicted molar refractivity (Wildman–Crippen MR) is 78.9 cm³/mol. The van der Waals surface area contributed by atoms with Crippen LogP contribution in [0.4, 0.5) is 5.82 Å². The summed E-state index contributed by atoms with van der Waals surface area (Å²) in [4.78, 5) is 18.6. The molecule has 5 heteroatoms. The van der Waals surface area contributed by atoms with Crippen LogP contribution in [-0.2, 0) is 0 Å². The Balaban J connectivity index is 2.15. The molecule has 1 aromatic rings. The van der Waals surface area contributed by atoms with E-state index in [9.17, 15) is 9.90 Å². The summed E-state index contributed by atoms with van der Waals surface area (Å²) >= 11 is 0. The third-order valence-corrected chi connectivity index (χ3v) is 3.50. The maximum absolute atomic E-state index is 12.5. The van der Waals surface area contributed by atoms with Gasteiger partial charge in [0.15, 0.2) is 0 Å². The smallest absolute Gasteiger partial charge is 0.254 e. The summed E-state index contributed by atoms with van der Waals surface area (Å²) in [5, 5.41) is 13.2. The lowest BCUT2D eigenvalue weighted by molar-refractivity contribution is 0.0572. The van der Waals surface area contributed by atoms with Gasteiger partial charge >= 0.3 is 0 Å². The third kappa shape index (κ3) is 3.48. The Kier molecular flexibility index (Phi) is 4.28. The quantitative estimate of drug-likeness (QED) is 0.881. The van der Waals surface area contributed by atoms with E-state index in [2.05, 4.69) is 17.2 Å². The standard InChI is InChI=1S/C15H23N3O2/c1-4-6-16-13-9-12(8-11(2)17-13)14(19)18-7-5-15(3,20)10-18/h8-9,20H,4-7,10H2,1-3H3,(H,16,17). The molecule has 0 saturated carbocycles. The number of aromatic nitrogens is 1. The molecule has 110 valence electrons. The Morgan fingerprint density at radius 2 is 2.30 bits per heavy atom. The van der Waals surface area contributed by atoms with Crippen molar-refractivity contribution >= 4 is 11.7 Å². The van der Waals surface area contributed by atoms with Gasteiger partial charge in [0.25, 0.3) is 5.91 Å². The number of likely N-dealkylation sites (tertiary alicyclic amines) is 1. The van der Waals surface area contributed by atoms with Crippen LogP contribution in [0.1, 0.15) is 42.7 Å². The first-order valence-corrected chi connectivity index (χ1v) is 7.15. The van der Waals surface area contributed by atoms with E-state index < -0.39 is 5.60 Å². The molecule has 1 unspecified atom stereocenters. The predicted octanol–water partition coefficient (Wildman–Crippen LogP) is 1.81. The average molecular weight is 277 g/mol. The van der Waals surface area contributed by atoms with Gasteiger partial charge in [0, 0.05) is 30.9 Å². The Morgan fingerprint density at radius 3 is 2.90 bits per heavy atom. The van der Waals surface area contributed by atoms with Gasteiger partial charge in [-0.25, -0.2) is 4.98 Å². The van der Waals surface area contributed by atoms with Crippen LogP contribution in [-0.4, -0.2) is 46.1 Å². The van der Waals surface area contributed by atoms with Crippen molar-refractivity contribution in [2.24, 2.45) is 0 Å². The second-order valence-electron chi connectivity index (χ2n) is 5.78. The lowest BCUT2D eigenvalue weighted by Gasteiger charge is -2.19. The van der Waals surface area contributed by atoms with E-state index in [1.54, 1.807) is 24.0 Å². The van der Waals surface area contributed by atoms with E-state index in [0.29, 0.717) is 25.1 Å². The molecule has 1 aromatic heterocycles. The number of anilines is 1. The lowest BCUT2D eigenvalue weighted by Crippen LogP contribution is -2.34. The molecule has 5 nitrogen and oxygen atoms in total. The van der Waals surface area contributed by atoms with Crippen molar-refractivity contribution in [2.45, 2.75) is 39.2 Å². The number of carbonyl (C=O) groups is 1. The van der Waals surface area contributed by atoms with Gasteiger partial charge in [0.05, 0.1) is 5.60 Å². The second kappa shape index (κ2) is 5.79. The monoisotopic (exact) mass is 277 g/mol. The summed E-state index contributed by atoms with van der Waals surface area (Å²) in [6.45, 7) is 7.57. The molecule has 1 fully saturated rings. The molecule has 2 heterocycles. The van der Waals surface area contributed by atoms with E-state index in [1.807, 2.05) is 6.92 Å². The third-order valence-electron chi connectivity index (χ3n) is 3.50. The molecule has 1 aliphatic heterocycles. The maximum Gasteiger partial charge on any atom is 0.254 e. The van der Waals surface area contributed by atoms with Gasteiger partial charge in [-0.05, 0) is 38.8 Å². The molecular weight excluding hydrogens is 254 g/mol. The van der Waals surface area contributed by atoms with Crippen LogP contribution >= 0.6 is 0 Å². The van der Waals surface area contributed by atoms with Gasteiger partial charge in [-0.1, -0.05) is 6.92 Å². The van der Waals surface area contributed by atoms with Gasteiger partial charge < -0.3 is 15.3 Å². The fraction of sp³-hybridized carbons (Fsp3) is 0.600. The highest BCUT2D eigenvalue weighted by atomic mass is 16.3. The molecule has 0 radical (unpaired) electrons. The molecular formula is C15H23N3O2. The summed E-state index contributed by atoms with van der Waals surface area (Å²) in [6.07, 6.45) is 1.64. The number of β-amino-alcohol motifs (C(OH)–C–C–N with tert-alkyl or cyclic N) is 1. The highest BCUT2D eigenvalue weighted by Crippen LogP contribution is 2.23. The maximum atomic E-state index is 12.5. The van der Waals surface area contributed by atoms with E-state index in [-0.39, 0.29) is 5.91 Å². The Labute approximate surface area is 120 Å². The molecule has 0 spiro atoms. The number of hydrogen-bond donors (Lipinski definition) is 2. The fourth-order valence-electron chi connectivity index (χ4n) is 2.44. The molecule has 1 atom stereocenters. The summed E-state index contributed by atoms with van der Waals surface area (Å²) in [6, 6.07) is 3.59. The van der Waals surface area contributed by atoms with Crippen LogP contribution in [0.3, 0.4) is 0 Å². The topological polar surface area (TPSA) is 65.5 Å². The van der Waals surface area contributed by atoms with Crippen molar-refractivity contribution in [1.29, 1.82) is 0 Å². The summed E-state index contributed by atoms with van der Waals surface area (Å²) in [5.74, 6) is 0.703. The Hall–Kier alpha value is -1.62. The van der Waals surface area contributed by atoms with Crippen molar-refractivity contribution in [3.63, 3.8) is 0 Å². The summed E-state index contributed by atoms with van der Waals surface area (Å²) in [7, 11) is 0. The zero-order valence-electron chi connectivity index (χ0n) is 12.4. The minimum absolute atomic E-state index is 0.0344. The minimum Gasteiger partial charge on any atom is -0.388 e. The molecule has 20 heavy (non-hydrogen) atoms. The normalized spacial score (nSPS) is 22.1. The summed E-state index contributed by atoms with van der Waals surface area (Å²) < 4.78 is 0. The highest BCUT2D eigenvalue weighted by Gasteiger charge is 2.34. The summed E-state index contributed by atoms with van der Waals surface area (Å²) in [5.41, 5.74) is 0.690. The minimum atomic E-state index is -0.763. The first-order chi connectivity index (χ1) is 9.41. The van der Waals surface area contributed by atoms with Crippen LogP contribution in [0.15, 0.2) is 12.1 Å². The van der Waals surface area contributed by atoms with E-state index >= 15 is 0 Å². The van der Waals surface area contributed by atoms with Crippen molar-refractivity contribution in [1.82, 2.24) is 9.88 Å². The zero-order chi connectivity index (χ0) is 14.8. The number of pyridine rings is 1. The Morgan fingerprint density at radius 1 is 1.55 bits per heavy atom. The molecule has 1 aliphatic rings. The van der Waals surface area contributed by atoms with Crippen LogP contribution in [0, 0.1) is 6.92 Å². The van der Waals surface area contributed by atoms with Crippen molar-refractivity contribution in [2.75, 3.05) is 25.0 Å². The number of amides is 1. The lowest BCUT2D eigenvalue weighted by atomic mass is 10.1. The number of aryl methyl sites for hydroxylation is 1. The van der Waals surface area contributed by atoms with Gasteiger partial charge in [-0.15, -0.1) is 0 Å². The zero-order valence-corrected chi connectivity index (χ0v) is 12.4. The van der Waals surface area contributed by atoms with Crippen LogP contribution in [0.2, 0.25) is 0 Å². The SMILES string of the molecule is CCCNc1cc(C(=O)N2CCC(C)(O)C2)cc(C)n1. The van der Waals surface area contributed by atoms with Gasteiger partial charge in [-0.3, -0.25) is 4.79 Å². The van der Waals surface area contributed by atoms with Gasteiger partial charge in [0.1, 0.15) is 5.82 Å². The number of carbonyl (C=O) groups excluding carboxylic acids is 1. The molecule has 0 aromatic carbocycles. The molecule has 2 N–H and O–H groups in total. The molecule has 0 aliphatic carbocycles. The van der Waals surface area contributed by atoms with Crippen molar-refractivity contribution in [3.8, 4) is 0 Å². The average Bonchev–Trinajstić information content (AvgIpc) is 2.75. The molecule has 0 bridgehead atoms. The van der Waals surface area contributed by atoms with Crippen LogP contribution in [0.5, 0.6) is 0 Å². The Bertz CT molecular complexity index is 500. The van der Waals surface area contributed by atoms with Crippen LogP contribution < -0.4 is 5.32 Å². The highest BCUT2D eigenvalue weighted by molar-refractivity contribution is 5.95. The molecule has 2 rings (SSSR count). The van der Waals surface area contributed by atoms with E-state index in [4.69, 9.17) is 0 Å². The number of nitrogens with one attached hydrogen (secondary N) is 1. The molecule has 1 amide bonds. The van der Waals surface area contributed by atoms with Gasteiger partial charge in [0.2, 0.25) is 0 Å². The largest absolute Gasteiger partial charge is 0.388 e. The van der Waals surface area contributed by atoms with E-state index in [1.165, 1.54) is 0 Å². The number of nitrogens with zero attached hydrogens (tertiary/aromatic N) is 2. The fourth-order valence-corrected chi connectivity index (χ4v) is 2.44. The van der Waals surface area contributed by atoms with Crippen LogP contribution in [0.25, 0.3) is 0 Å². The number of aliphatic hydroxyl groups is 1.